The Balaban J connectivity index is 1.99. The lowest BCUT2D eigenvalue weighted by molar-refractivity contribution is -0.112. The molecule has 0 aromatic heterocycles. The van der Waals surface area contributed by atoms with Crippen LogP contribution in [0.25, 0.3) is 0 Å². The maximum Gasteiger partial charge on any atom is 0.267 e. The average molecular weight is 378 g/mol. The standard InChI is InChI=1S/C16H22N6O3S/c17-5-6-21-7-9-22(10-8-21)12-13(11-18)16(23)20-14-1-3-15(4-2-14)26(19,24)25/h1-4,12H,5-10,17H2,(H,20,23)(H2,19,24,25)/b13-12-. The summed E-state index contributed by atoms with van der Waals surface area (Å²) in [5, 5.41) is 16.9. The van der Waals surface area contributed by atoms with E-state index in [0.29, 0.717) is 25.3 Å². The highest BCUT2D eigenvalue weighted by Crippen LogP contribution is 2.14. The largest absolute Gasteiger partial charge is 0.374 e. The van der Waals surface area contributed by atoms with E-state index < -0.39 is 15.9 Å². The molecule has 0 aliphatic carbocycles. The van der Waals surface area contributed by atoms with Gasteiger partial charge in [0.1, 0.15) is 11.6 Å². The van der Waals surface area contributed by atoms with Crippen molar-refractivity contribution in [2.45, 2.75) is 4.90 Å². The van der Waals surface area contributed by atoms with Crippen LogP contribution in [0.4, 0.5) is 5.69 Å². The summed E-state index contributed by atoms with van der Waals surface area (Å²) in [5.74, 6) is -0.555. The molecule has 9 nitrogen and oxygen atoms in total. The second-order valence-corrected chi connectivity index (χ2v) is 7.41. The molecule has 1 saturated heterocycles. The molecule has 0 atom stereocenters. The van der Waals surface area contributed by atoms with E-state index in [1.165, 1.54) is 24.3 Å². The van der Waals surface area contributed by atoms with Gasteiger partial charge in [-0.05, 0) is 24.3 Å². The number of hydrogen-bond donors (Lipinski definition) is 3. The maximum atomic E-state index is 12.3. The van der Waals surface area contributed by atoms with Gasteiger partial charge in [0.2, 0.25) is 10.0 Å². The van der Waals surface area contributed by atoms with Crippen LogP contribution in [-0.4, -0.2) is 63.4 Å². The molecule has 1 aliphatic heterocycles. The summed E-state index contributed by atoms with van der Waals surface area (Å²) in [4.78, 5) is 16.4. The second kappa shape index (κ2) is 8.77. The Labute approximate surface area is 152 Å². The third-order valence-electron chi connectivity index (χ3n) is 3.97. The molecule has 1 aromatic rings. The molecule has 140 valence electrons. The highest BCUT2D eigenvalue weighted by atomic mass is 32.2. The molecule has 1 fully saturated rings. The summed E-state index contributed by atoms with van der Waals surface area (Å²) >= 11 is 0. The van der Waals surface area contributed by atoms with Crippen LogP contribution in [0.1, 0.15) is 0 Å². The Morgan fingerprint density at radius 3 is 2.35 bits per heavy atom. The Morgan fingerprint density at radius 2 is 1.85 bits per heavy atom. The maximum absolute atomic E-state index is 12.3. The van der Waals surface area contributed by atoms with Gasteiger partial charge in [-0.25, -0.2) is 13.6 Å². The molecule has 0 unspecified atom stereocenters. The number of amides is 1. The number of nitrogens with two attached hydrogens (primary N) is 2. The topological polar surface area (TPSA) is 146 Å². The van der Waals surface area contributed by atoms with Gasteiger partial charge >= 0.3 is 0 Å². The Kier molecular flexibility index (Phi) is 6.70. The predicted molar refractivity (Wildman–Crippen MR) is 97.2 cm³/mol. The quantitative estimate of drug-likeness (QED) is 0.436. The molecule has 0 saturated carbocycles. The van der Waals surface area contributed by atoms with Gasteiger partial charge in [-0.1, -0.05) is 0 Å². The average Bonchev–Trinajstić information content (AvgIpc) is 2.61. The zero-order valence-corrected chi connectivity index (χ0v) is 15.1. The third-order valence-corrected chi connectivity index (χ3v) is 4.90. The molecule has 10 heteroatoms. The fourth-order valence-corrected chi connectivity index (χ4v) is 3.06. The first-order valence-corrected chi connectivity index (χ1v) is 9.60. The first-order valence-electron chi connectivity index (χ1n) is 8.06. The number of primary sulfonamides is 1. The number of rotatable bonds is 6. The minimum Gasteiger partial charge on any atom is -0.374 e. The molecule has 1 aromatic carbocycles. The first-order chi connectivity index (χ1) is 12.3. The van der Waals surface area contributed by atoms with E-state index in [2.05, 4.69) is 10.2 Å². The van der Waals surface area contributed by atoms with Crippen LogP contribution in [0.5, 0.6) is 0 Å². The van der Waals surface area contributed by atoms with Crippen molar-refractivity contribution in [3.05, 3.63) is 36.0 Å². The zero-order valence-electron chi connectivity index (χ0n) is 14.3. The Hall–Kier alpha value is -2.45. The number of sulfonamides is 1. The second-order valence-electron chi connectivity index (χ2n) is 5.84. The Morgan fingerprint density at radius 1 is 1.23 bits per heavy atom. The van der Waals surface area contributed by atoms with Gasteiger partial charge in [0.15, 0.2) is 0 Å². The van der Waals surface area contributed by atoms with Crippen molar-refractivity contribution in [2.24, 2.45) is 10.9 Å². The number of benzene rings is 1. The predicted octanol–water partition coefficient (Wildman–Crippen LogP) is -0.744. The van der Waals surface area contributed by atoms with E-state index in [0.717, 1.165) is 19.6 Å². The summed E-state index contributed by atoms with van der Waals surface area (Å²) in [7, 11) is -3.79. The SMILES string of the molecule is N#C/C(=C/N1CCN(CCN)CC1)C(=O)Nc1ccc(S(N)(=O)=O)cc1. The van der Waals surface area contributed by atoms with Gasteiger partial charge in [0.25, 0.3) is 5.91 Å². The number of piperazine rings is 1. The number of nitrogens with one attached hydrogen (secondary N) is 1. The summed E-state index contributed by atoms with van der Waals surface area (Å²) in [6, 6.07) is 7.31. The third kappa shape index (κ3) is 5.53. The summed E-state index contributed by atoms with van der Waals surface area (Å²) in [5.41, 5.74) is 5.89. The van der Waals surface area contributed by atoms with E-state index in [4.69, 9.17) is 10.9 Å². The molecule has 0 radical (unpaired) electrons. The van der Waals surface area contributed by atoms with Crippen LogP contribution >= 0.6 is 0 Å². The van der Waals surface area contributed by atoms with Crippen molar-refractivity contribution < 1.29 is 13.2 Å². The molecule has 0 spiro atoms. The summed E-state index contributed by atoms with van der Waals surface area (Å²) < 4.78 is 22.5. The molecular weight excluding hydrogens is 356 g/mol. The molecule has 2 rings (SSSR count). The first kappa shape index (κ1) is 19.9. The van der Waals surface area contributed by atoms with Crippen LogP contribution in [0, 0.1) is 11.3 Å². The van der Waals surface area contributed by atoms with Crippen LogP contribution in [-0.2, 0) is 14.8 Å². The van der Waals surface area contributed by atoms with Crippen molar-refractivity contribution in [1.29, 1.82) is 5.26 Å². The number of carbonyl (C=O) groups is 1. The molecule has 1 aliphatic rings. The normalized spacial score (nSPS) is 16.2. The van der Waals surface area contributed by atoms with Crippen LogP contribution < -0.4 is 16.2 Å². The number of carbonyl (C=O) groups excluding carboxylic acids is 1. The van der Waals surface area contributed by atoms with Crippen LogP contribution in [0.15, 0.2) is 40.9 Å². The van der Waals surface area contributed by atoms with Gasteiger partial charge in [-0.2, -0.15) is 5.26 Å². The number of nitrogens with zero attached hydrogens (tertiary/aromatic N) is 3. The minimum absolute atomic E-state index is 0.0206. The smallest absolute Gasteiger partial charge is 0.267 e. The molecular formula is C16H22N6O3S. The molecule has 0 bridgehead atoms. The van der Waals surface area contributed by atoms with Gasteiger partial charge in [-0.15, -0.1) is 0 Å². The van der Waals surface area contributed by atoms with Crippen LogP contribution in [0.2, 0.25) is 0 Å². The molecule has 1 amide bonds. The fraction of sp³-hybridized carbons (Fsp3) is 0.375. The molecule has 1 heterocycles. The molecule has 26 heavy (non-hydrogen) atoms. The van der Waals surface area contributed by atoms with Gasteiger partial charge in [-0.3, -0.25) is 9.69 Å². The van der Waals surface area contributed by atoms with Crippen molar-refractivity contribution in [1.82, 2.24) is 9.80 Å². The number of anilines is 1. The summed E-state index contributed by atoms with van der Waals surface area (Å²) in [6.45, 7) is 4.50. The Bertz CT molecular complexity index is 805. The van der Waals surface area contributed by atoms with Crippen molar-refractivity contribution in [3.8, 4) is 6.07 Å². The van der Waals surface area contributed by atoms with Crippen molar-refractivity contribution in [2.75, 3.05) is 44.6 Å². The van der Waals surface area contributed by atoms with Crippen molar-refractivity contribution in [3.63, 3.8) is 0 Å². The van der Waals surface area contributed by atoms with Crippen molar-refractivity contribution >= 4 is 21.6 Å². The highest BCUT2D eigenvalue weighted by molar-refractivity contribution is 7.89. The fourth-order valence-electron chi connectivity index (χ4n) is 2.55. The molecule has 5 N–H and O–H groups in total. The van der Waals surface area contributed by atoms with Gasteiger partial charge < -0.3 is 16.0 Å². The summed E-state index contributed by atoms with van der Waals surface area (Å²) in [6.07, 6.45) is 1.55. The number of hydrogen-bond acceptors (Lipinski definition) is 7. The highest BCUT2D eigenvalue weighted by Gasteiger charge is 2.17. The lowest BCUT2D eigenvalue weighted by Crippen LogP contribution is -2.45. The van der Waals surface area contributed by atoms with E-state index in [1.54, 1.807) is 6.20 Å². The lowest BCUT2D eigenvalue weighted by Gasteiger charge is -2.33. The van der Waals surface area contributed by atoms with Gasteiger partial charge in [0, 0.05) is 51.2 Å². The van der Waals surface area contributed by atoms with E-state index in [9.17, 15) is 18.5 Å². The van der Waals surface area contributed by atoms with E-state index in [1.807, 2.05) is 11.0 Å². The zero-order chi connectivity index (χ0) is 19.2. The monoisotopic (exact) mass is 378 g/mol. The lowest BCUT2D eigenvalue weighted by atomic mass is 10.2. The minimum atomic E-state index is -3.79. The van der Waals surface area contributed by atoms with E-state index in [-0.39, 0.29) is 10.5 Å². The van der Waals surface area contributed by atoms with E-state index >= 15 is 0 Å². The van der Waals surface area contributed by atoms with Gasteiger partial charge in [0.05, 0.1) is 4.90 Å². The number of nitriles is 1. The van der Waals surface area contributed by atoms with Crippen LogP contribution in [0.3, 0.4) is 0 Å².